The van der Waals surface area contributed by atoms with E-state index >= 15 is 0 Å². The molecule has 0 aliphatic carbocycles. The largest absolute Gasteiger partial charge is 0.489 e. The maximum absolute atomic E-state index is 13.1. The molecule has 3 aromatic rings. The summed E-state index contributed by atoms with van der Waals surface area (Å²) in [5.74, 6) is 0.597. The van der Waals surface area contributed by atoms with E-state index in [2.05, 4.69) is 4.90 Å². The van der Waals surface area contributed by atoms with Crippen LogP contribution >= 0.6 is 11.6 Å². The molecule has 1 saturated heterocycles. The molecule has 0 bridgehead atoms. The second-order valence-corrected chi connectivity index (χ2v) is 8.50. The van der Waals surface area contributed by atoms with Crippen LogP contribution in [0.15, 0.2) is 66.7 Å². The molecule has 0 N–H and O–H groups in total. The predicted molar refractivity (Wildman–Crippen MR) is 125 cm³/mol. The van der Waals surface area contributed by atoms with Gasteiger partial charge in [-0.15, -0.1) is 0 Å². The zero-order valence-electron chi connectivity index (χ0n) is 18.1. The van der Waals surface area contributed by atoms with Gasteiger partial charge in [-0.1, -0.05) is 35.9 Å². The highest BCUT2D eigenvalue weighted by Crippen LogP contribution is 2.22. The number of nitrogens with zero attached hydrogens (tertiary/aromatic N) is 2. The van der Waals surface area contributed by atoms with Gasteiger partial charge in [0.15, 0.2) is 0 Å². The Morgan fingerprint density at radius 1 is 0.938 bits per heavy atom. The topological polar surface area (TPSA) is 32.8 Å². The molecule has 0 atom stereocenters. The lowest BCUT2D eigenvalue weighted by Crippen LogP contribution is -2.48. The fourth-order valence-electron chi connectivity index (χ4n) is 3.76. The van der Waals surface area contributed by atoms with Gasteiger partial charge in [-0.2, -0.15) is 0 Å². The molecular formula is C26H26ClFN2O2. The molecule has 1 heterocycles. The molecule has 4 nitrogen and oxygen atoms in total. The minimum Gasteiger partial charge on any atom is -0.489 e. The first kappa shape index (κ1) is 22.3. The van der Waals surface area contributed by atoms with Gasteiger partial charge in [-0.25, -0.2) is 4.39 Å². The van der Waals surface area contributed by atoms with E-state index in [4.69, 9.17) is 16.3 Å². The van der Waals surface area contributed by atoms with Crippen LogP contribution in [0.4, 0.5) is 4.39 Å². The Morgan fingerprint density at radius 2 is 1.59 bits per heavy atom. The summed E-state index contributed by atoms with van der Waals surface area (Å²) in [6.07, 6.45) is 0. The van der Waals surface area contributed by atoms with Crippen LogP contribution in [0.25, 0.3) is 0 Å². The van der Waals surface area contributed by atoms with Crippen LogP contribution < -0.4 is 4.74 Å². The number of rotatable bonds is 6. The predicted octanol–water partition coefficient (Wildman–Crippen LogP) is 5.32. The number of carbonyl (C=O) groups excluding carboxylic acids is 1. The molecule has 6 heteroatoms. The van der Waals surface area contributed by atoms with Gasteiger partial charge in [0, 0.05) is 43.3 Å². The average Bonchev–Trinajstić information content (AvgIpc) is 2.82. The molecule has 1 aliphatic rings. The Morgan fingerprint density at radius 3 is 2.25 bits per heavy atom. The van der Waals surface area contributed by atoms with Gasteiger partial charge in [-0.3, -0.25) is 9.69 Å². The van der Waals surface area contributed by atoms with Crippen molar-refractivity contribution in [1.29, 1.82) is 0 Å². The lowest BCUT2D eigenvalue weighted by Gasteiger charge is -2.34. The number of hydrogen-bond acceptors (Lipinski definition) is 3. The Labute approximate surface area is 193 Å². The minimum atomic E-state index is -0.221. The number of amides is 1. The van der Waals surface area contributed by atoms with Crippen LogP contribution in [-0.2, 0) is 13.2 Å². The smallest absolute Gasteiger partial charge is 0.253 e. The normalized spacial score (nSPS) is 14.4. The van der Waals surface area contributed by atoms with E-state index in [1.54, 1.807) is 0 Å². The van der Waals surface area contributed by atoms with Crippen molar-refractivity contribution in [2.75, 3.05) is 26.2 Å². The molecule has 0 aromatic heterocycles. The summed E-state index contributed by atoms with van der Waals surface area (Å²) in [6, 6.07) is 19.8. The maximum atomic E-state index is 13.1. The molecule has 32 heavy (non-hydrogen) atoms. The molecule has 3 aromatic carbocycles. The van der Waals surface area contributed by atoms with Crippen LogP contribution in [0, 0.1) is 12.7 Å². The van der Waals surface area contributed by atoms with E-state index in [1.807, 2.05) is 66.4 Å². The number of benzene rings is 3. The third kappa shape index (κ3) is 5.67. The van der Waals surface area contributed by atoms with E-state index in [1.165, 1.54) is 12.1 Å². The van der Waals surface area contributed by atoms with Crippen LogP contribution in [-0.4, -0.2) is 41.9 Å². The Bertz CT molecular complexity index is 1060. The molecule has 0 radical (unpaired) electrons. The highest BCUT2D eigenvalue weighted by molar-refractivity contribution is 6.31. The molecule has 1 amide bonds. The van der Waals surface area contributed by atoms with E-state index in [9.17, 15) is 9.18 Å². The molecule has 1 aliphatic heterocycles. The minimum absolute atomic E-state index is 0.0484. The zero-order valence-corrected chi connectivity index (χ0v) is 18.8. The van der Waals surface area contributed by atoms with Gasteiger partial charge in [0.25, 0.3) is 5.91 Å². The molecule has 4 rings (SSSR count). The summed E-state index contributed by atoms with van der Waals surface area (Å²) in [7, 11) is 0. The quantitative estimate of drug-likeness (QED) is 0.507. The lowest BCUT2D eigenvalue weighted by molar-refractivity contribution is 0.0628. The van der Waals surface area contributed by atoms with Crippen molar-refractivity contribution < 1.29 is 13.9 Å². The number of aryl methyl sites for hydroxylation is 1. The van der Waals surface area contributed by atoms with Crippen LogP contribution in [0.5, 0.6) is 5.75 Å². The first-order valence-electron chi connectivity index (χ1n) is 10.7. The number of ether oxygens (including phenoxy) is 1. The van der Waals surface area contributed by atoms with E-state index in [-0.39, 0.29) is 11.7 Å². The molecular weight excluding hydrogens is 427 g/mol. The third-order valence-corrected chi connectivity index (χ3v) is 6.14. The summed E-state index contributed by atoms with van der Waals surface area (Å²) >= 11 is 6.05. The second-order valence-electron chi connectivity index (χ2n) is 8.09. The average molecular weight is 453 g/mol. The highest BCUT2D eigenvalue weighted by atomic mass is 35.5. The van der Waals surface area contributed by atoms with Crippen molar-refractivity contribution >= 4 is 17.5 Å². The second kappa shape index (κ2) is 10.2. The van der Waals surface area contributed by atoms with Gasteiger partial charge < -0.3 is 9.64 Å². The van der Waals surface area contributed by atoms with Gasteiger partial charge in [0.1, 0.15) is 18.2 Å². The number of halogens is 2. The van der Waals surface area contributed by atoms with Crippen LogP contribution in [0.2, 0.25) is 5.02 Å². The summed E-state index contributed by atoms with van der Waals surface area (Å²) in [6.45, 7) is 6.10. The van der Waals surface area contributed by atoms with E-state index < -0.39 is 0 Å². The van der Waals surface area contributed by atoms with Gasteiger partial charge in [0.2, 0.25) is 0 Å². The molecule has 1 fully saturated rings. The Hall–Kier alpha value is -2.89. The standard InChI is InChI=1S/C26H26ClFN2O2/c1-19-16-24(10-11-25(19)27)32-18-21-2-6-22(7-3-21)26(31)30-14-12-29(13-15-30)17-20-4-8-23(28)9-5-20/h2-11,16H,12-15,17-18H2,1H3. The SMILES string of the molecule is Cc1cc(OCc2ccc(C(=O)N3CCN(Cc4ccc(F)cc4)CC3)cc2)ccc1Cl. The van der Waals surface area contributed by atoms with E-state index in [0.29, 0.717) is 25.3 Å². The molecule has 0 unspecified atom stereocenters. The van der Waals surface area contributed by atoms with Crippen LogP contribution in [0.3, 0.4) is 0 Å². The maximum Gasteiger partial charge on any atom is 0.253 e. The number of piperazine rings is 1. The lowest BCUT2D eigenvalue weighted by atomic mass is 10.1. The summed E-state index contributed by atoms with van der Waals surface area (Å²) in [5.41, 5.74) is 3.74. The Balaban J connectivity index is 1.27. The monoisotopic (exact) mass is 452 g/mol. The summed E-state index contributed by atoms with van der Waals surface area (Å²) in [5, 5.41) is 0.719. The molecule has 0 spiro atoms. The molecule has 0 saturated carbocycles. The van der Waals surface area contributed by atoms with Crippen molar-refractivity contribution in [3.63, 3.8) is 0 Å². The fourth-order valence-corrected chi connectivity index (χ4v) is 3.87. The zero-order chi connectivity index (χ0) is 22.5. The van der Waals surface area contributed by atoms with Crippen molar-refractivity contribution in [2.24, 2.45) is 0 Å². The van der Waals surface area contributed by atoms with Crippen molar-refractivity contribution in [1.82, 2.24) is 9.80 Å². The Kier molecular flexibility index (Phi) is 7.08. The van der Waals surface area contributed by atoms with E-state index in [0.717, 1.165) is 47.1 Å². The van der Waals surface area contributed by atoms with Crippen molar-refractivity contribution in [3.05, 3.63) is 99.8 Å². The van der Waals surface area contributed by atoms with Gasteiger partial charge in [0.05, 0.1) is 0 Å². The summed E-state index contributed by atoms with van der Waals surface area (Å²) < 4.78 is 18.9. The number of carbonyl (C=O) groups is 1. The summed E-state index contributed by atoms with van der Waals surface area (Å²) in [4.78, 5) is 17.1. The fraction of sp³-hybridized carbons (Fsp3) is 0.269. The third-order valence-electron chi connectivity index (χ3n) is 5.71. The van der Waals surface area contributed by atoms with Crippen molar-refractivity contribution in [3.8, 4) is 5.75 Å². The van der Waals surface area contributed by atoms with Crippen LogP contribution in [0.1, 0.15) is 27.0 Å². The first-order chi connectivity index (χ1) is 15.5. The highest BCUT2D eigenvalue weighted by Gasteiger charge is 2.22. The van der Waals surface area contributed by atoms with Gasteiger partial charge >= 0.3 is 0 Å². The number of hydrogen-bond donors (Lipinski definition) is 0. The molecule has 166 valence electrons. The van der Waals surface area contributed by atoms with Crippen molar-refractivity contribution in [2.45, 2.75) is 20.1 Å². The first-order valence-corrected chi connectivity index (χ1v) is 11.1. The van der Waals surface area contributed by atoms with Gasteiger partial charge in [-0.05, 0) is 66.1 Å².